The van der Waals surface area contributed by atoms with Gasteiger partial charge in [0.25, 0.3) is 0 Å². The summed E-state index contributed by atoms with van der Waals surface area (Å²) in [7, 11) is 0. The largest absolute Gasteiger partial charge is 0.383 e. The summed E-state index contributed by atoms with van der Waals surface area (Å²) in [6, 6.07) is 10.8. The van der Waals surface area contributed by atoms with Crippen LogP contribution >= 0.6 is 0 Å². The first-order valence-electron chi connectivity index (χ1n) is 8.72. The second kappa shape index (κ2) is 6.28. The molecule has 4 nitrogen and oxygen atoms in total. The Bertz CT molecular complexity index is 998. The molecule has 0 saturated heterocycles. The molecule has 1 aromatic carbocycles. The second-order valence-electron chi connectivity index (χ2n) is 6.81. The zero-order chi connectivity index (χ0) is 18.3. The summed E-state index contributed by atoms with van der Waals surface area (Å²) in [5.74, 6) is -1.01. The second-order valence-corrected chi connectivity index (χ2v) is 6.81. The number of nitrogens with zero attached hydrogens (tertiary/aromatic N) is 3. The number of hydrogen-bond donors (Lipinski definition) is 1. The molecule has 128 valence electrons. The summed E-state index contributed by atoms with van der Waals surface area (Å²) in [5, 5.41) is 19.2. The highest BCUT2D eigenvalue weighted by Gasteiger charge is 2.42. The van der Waals surface area contributed by atoms with Crippen molar-refractivity contribution < 1.29 is 4.39 Å². The van der Waals surface area contributed by atoms with Gasteiger partial charge in [-0.15, -0.1) is 0 Å². The molecule has 0 saturated carbocycles. The van der Waals surface area contributed by atoms with Crippen molar-refractivity contribution in [2.45, 2.75) is 31.6 Å². The normalized spacial score (nSPS) is 24.7. The van der Waals surface area contributed by atoms with E-state index in [4.69, 9.17) is 5.73 Å². The fourth-order valence-electron chi connectivity index (χ4n) is 4.35. The number of nitriles is 2. The van der Waals surface area contributed by atoms with Gasteiger partial charge in [-0.05, 0) is 49.0 Å². The molecule has 0 fully saturated rings. The van der Waals surface area contributed by atoms with Gasteiger partial charge < -0.3 is 5.73 Å². The van der Waals surface area contributed by atoms with Gasteiger partial charge in [0.2, 0.25) is 0 Å². The lowest BCUT2D eigenvalue weighted by atomic mass is 9.66. The fraction of sp³-hybridized carbons (Fsp3) is 0.286. The minimum absolute atomic E-state index is 0.0682. The Kier molecular flexibility index (Phi) is 3.93. The number of halogens is 1. The van der Waals surface area contributed by atoms with Crippen LogP contribution in [0.2, 0.25) is 0 Å². The van der Waals surface area contributed by atoms with Crippen LogP contribution in [0.25, 0.3) is 0 Å². The average molecular weight is 344 g/mol. The molecule has 1 aromatic rings. The Morgan fingerprint density at radius 2 is 1.85 bits per heavy atom. The molecule has 2 atom stereocenters. The first kappa shape index (κ1) is 16.3. The van der Waals surface area contributed by atoms with Gasteiger partial charge in [-0.25, -0.2) is 9.38 Å². The van der Waals surface area contributed by atoms with Crippen LogP contribution in [0.15, 0.2) is 63.3 Å². The Morgan fingerprint density at radius 1 is 1.08 bits per heavy atom. The predicted octanol–water partition coefficient (Wildman–Crippen LogP) is 4.01. The molecule has 3 aliphatic rings. The van der Waals surface area contributed by atoms with E-state index in [1.165, 1.54) is 11.6 Å². The highest BCUT2D eigenvalue weighted by Crippen LogP contribution is 2.51. The lowest BCUT2D eigenvalue weighted by molar-refractivity contribution is 0.506. The van der Waals surface area contributed by atoms with E-state index in [2.05, 4.69) is 11.1 Å². The summed E-state index contributed by atoms with van der Waals surface area (Å²) < 4.78 is 14.7. The smallest absolute Gasteiger partial charge is 0.142 e. The minimum Gasteiger partial charge on any atom is -0.383 e. The summed E-state index contributed by atoms with van der Waals surface area (Å²) in [6.07, 6.45) is 5.91. The lowest BCUT2D eigenvalue weighted by Gasteiger charge is -2.38. The van der Waals surface area contributed by atoms with E-state index in [0.717, 1.165) is 31.3 Å². The van der Waals surface area contributed by atoms with Crippen molar-refractivity contribution in [3.8, 4) is 12.1 Å². The highest BCUT2D eigenvalue weighted by molar-refractivity contribution is 6.04. The van der Waals surface area contributed by atoms with E-state index in [0.29, 0.717) is 11.3 Å². The number of amidine groups is 1. The number of hydrogen-bond acceptors (Lipinski definition) is 4. The third kappa shape index (κ3) is 2.36. The van der Waals surface area contributed by atoms with Crippen LogP contribution in [0.1, 0.15) is 37.2 Å². The van der Waals surface area contributed by atoms with Crippen molar-refractivity contribution in [1.82, 2.24) is 0 Å². The molecule has 1 aliphatic heterocycles. The zero-order valence-corrected chi connectivity index (χ0v) is 14.2. The molecule has 0 bridgehead atoms. The van der Waals surface area contributed by atoms with E-state index < -0.39 is 5.92 Å². The van der Waals surface area contributed by atoms with Gasteiger partial charge in [-0.2, -0.15) is 10.5 Å². The van der Waals surface area contributed by atoms with Gasteiger partial charge in [0.1, 0.15) is 23.3 Å². The minimum atomic E-state index is -0.462. The topological polar surface area (TPSA) is 86.0 Å². The first-order valence-corrected chi connectivity index (χ1v) is 8.72. The Hall–Kier alpha value is -3.18. The monoisotopic (exact) mass is 344 g/mol. The number of fused-ring (bicyclic) bond motifs is 1. The highest BCUT2D eigenvalue weighted by atomic mass is 19.1. The van der Waals surface area contributed by atoms with Crippen molar-refractivity contribution in [2.24, 2.45) is 16.6 Å². The van der Waals surface area contributed by atoms with Gasteiger partial charge in [0, 0.05) is 11.8 Å². The molecule has 0 aromatic heterocycles. The Balaban J connectivity index is 1.99. The zero-order valence-electron chi connectivity index (χ0n) is 14.2. The van der Waals surface area contributed by atoms with Crippen LogP contribution in [-0.4, -0.2) is 5.84 Å². The summed E-state index contributed by atoms with van der Waals surface area (Å²) in [6.45, 7) is 0. The van der Waals surface area contributed by atoms with Gasteiger partial charge in [0.15, 0.2) is 0 Å². The standard InChI is InChI=1S/C21H17FN4/c22-17-8-4-3-7-14(17)19-13-6-2-1-5-12(13)9-18-20(19)15(10-23)16(11-24)21(25)26-18/h3-4,7-9,19-20H,1-2,5-6H2,(H2,25,26)/t19-,20+/m0/s1. The first-order chi connectivity index (χ1) is 12.7. The number of allylic oxidation sites excluding steroid dienone is 4. The molecule has 0 amide bonds. The molecular weight excluding hydrogens is 327 g/mol. The molecule has 1 heterocycles. The van der Waals surface area contributed by atoms with Crippen LogP contribution < -0.4 is 5.73 Å². The van der Waals surface area contributed by atoms with Crippen LogP contribution in [0.4, 0.5) is 4.39 Å². The van der Waals surface area contributed by atoms with Crippen molar-refractivity contribution >= 4 is 5.84 Å². The van der Waals surface area contributed by atoms with Crippen LogP contribution in [-0.2, 0) is 0 Å². The maximum Gasteiger partial charge on any atom is 0.142 e. The number of aliphatic imine (C=N–C) groups is 1. The molecule has 5 heteroatoms. The SMILES string of the molecule is N#CC1=C(C#N)[C@@H]2C(=CC3=C(CCCC3)[C@H]2c2ccccc2F)N=C1N. The summed E-state index contributed by atoms with van der Waals surface area (Å²) >= 11 is 0. The van der Waals surface area contributed by atoms with Crippen molar-refractivity contribution in [3.05, 3.63) is 69.7 Å². The van der Waals surface area contributed by atoms with E-state index in [1.54, 1.807) is 18.2 Å². The average Bonchev–Trinajstić information content (AvgIpc) is 2.66. The lowest BCUT2D eigenvalue weighted by Crippen LogP contribution is -2.32. The number of rotatable bonds is 1. The molecule has 0 radical (unpaired) electrons. The van der Waals surface area contributed by atoms with Gasteiger partial charge >= 0.3 is 0 Å². The van der Waals surface area contributed by atoms with E-state index >= 15 is 0 Å². The number of nitrogens with two attached hydrogens (primary N) is 1. The Morgan fingerprint density at radius 3 is 2.58 bits per heavy atom. The van der Waals surface area contributed by atoms with E-state index in [9.17, 15) is 14.9 Å². The van der Waals surface area contributed by atoms with Crippen LogP contribution in [0.5, 0.6) is 0 Å². The number of dihydropyridines is 1. The van der Waals surface area contributed by atoms with E-state index in [-0.39, 0.29) is 28.7 Å². The van der Waals surface area contributed by atoms with Crippen LogP contribution in [0, 0.1) is 34.4 Å². The maximum atomic E-state index is 14.7. The molecule has 26 heavy (non-hydrogen) atoms. The van der Waals surface area contributed by atoms with Gasteiger partial charge in [0.05, 0.1) is 17.3 Å². The van der Waals surface area contributed by atoms with E-state index in [1.807, 2.05) is 12.1 Å². The van der Waals surface area contributed by atoms with Crippen LogP contribution in [0.3, 0.4) is 0 Å². The summed E-state index contributed by atoms with van der Waals surface area (Å²) in [5.41, 5.74) is 9.88. The predicted molar refractivity (Wildman–Crippen MR) is 96.1 cm³/mol. The third-order valence-corrected chi connectivity index (χ3v) is 5.46. The molecule has 2 aliphatic carbocycles. The molecular formula is C21H17FN4. The van der Waals surface area contributed by atoms with Gasteiger partial charge in [-0.3, -0.25) is 0 Å². The fourth-order valence-corrected chi connectivity index (χ4v) is 4.35. The van der Waals surface area contributed by atoms with Crippen molar-refractivity contribution in [2.75, 3.05) is 0 Å². The Labute approximate surface area is 151 Å². The van der Waals surface area contributed by atoms with Crippen molar-refractivity contribution in [1.29, 1.82) is 10.5 Å². The van der Waals surface area contributed by atoms with Gasteiger partial charge in [-0.1, -0.05) is 23.8 Å². The van der Waals surface area contributed by atoms with Crippen molar-refractivity contribution in [3.63, 3.8) is 0 Å². The molecule has 0 spiro atoms. The number of benzene rings is 1. The summed E-state index contributed by atoms with van der Waals surface area (Å²) in [4.78, 5) is 4.42. The molecule has 2 N–H and O–H groups in total. The third-order valence-electron chi connectivity index (χ3n) is 5.46. The maximum absolute atomic E-state index is 14.7. The molecule has 4 rings (SSSR count). The molecule has 0 unspecified atom stereocenters. The quantitative estimate of drug-likeness (QED) is 0.835.